The average Bonchev–Trinajstić information content (AvgIpc) is 1.52. The molecule has 3 rings (SSSR count). The molecule has 0 aliphatic carbocycles. The van der Waals surface area contributed by atoms with Gasteiger partial charge in [0.2, 0.25) is 76.8 Å². The van der Waals surface area contributed by atoms with Gasteiger partial charge in [0, 0.05) is 42.8 Å². The molecule has 13 atom stereocenters. The van der Waals surface area contributed by atoms with Gasteiger partial charge in [-0.15, -0.1) is 0 Å². The predicted molar refractivity (Wildman–Crippen MR) is 384 cm³/mol. The van der Waals surface area contributed by atoms with Crippen LogP contribution in [0, 0.1) is 17.8 Å². The van der Waals surface area contributed by atoms with Gasteiger partial charge in [-0.2, -0.15) is 0 Å². The third-order valence-corrected chi connectivity index (χ3v) is 17.2. The molecule has 34 heteroatoms. The van der Waals surface area contributed by atoms with Crippen LogP contribution in [0.25, 0.3) is 10.9 Å². The van der Waals surface area contributed by atoms with Crippen LogP contribution in [0.15, 0.2) is 60.8 Å². The van der Waals surface area contributed by atoms with Crippen LogP contribution in [-0.4, -0.2) is 196 Å². The molecule has 0 fully saturated rings. The van der Waals surface area contributed by atoms with Crippen LogP contribution in [0.2, 0.25) is 0 Å². The van der Waals surface area contributed by atoms with Gasteiger partial charge in [-0.25, -0.2) is 0 Å². The van der Waals surface area contributed by atoms with Crippen LogP contribution in [0.3, 0.4) is 0 Å². The van der Waals surface area contributed by atoms with Crippen molar-refractivity contribution >= 4 is 99.6 Å². The smallest absolute Gasteiger partial charge is 0.322 e. The minimum Gasteiger partial charge on any atom is -0.481 e. The molecule has 23 N–H and O–H groups in total. The molecular weight excluding hydrogens is 1350 g/mol. The van der Waals surface area contributed by atoms with Gasteiger partial charge >= 0.3 is 11.9 Å². The lowest BCUT2D eigenvalue weighted by Gasteiger charge is -2.30. The van der Waals surface area contributed by atoms with Crippen LogP contribution >= 0.6 is 0 Å². The van der Waals surface area contributed by atoms with E-state index in [0.29, 0.717) is 47.8 Å². The summed E-state index contributed by atoms with van der Waals surface area (Å²) in [6.45, 7) is 14.0. The molecule has 0 aliphatic rings. The molecular formula is C70H109N17O17. The molecule has 0 saturated heterocycles. The summed E-state index contributed by atoms with van der Waals surface area (Å²) in [6, 6.07) is -0.761. The SMILES string of the molecule is CC[C@H](C)[C@H](NC(=O)[C@H](Cc1ccccc1)NC(=O)[C@H](CCC(=O)O)NC(=O)[C@H](CCCCN)NC(=O)[C@H](C)NC(=O)[C@H](C)NC(=O)[C@@H](N)CCC(N)=O)C(=O)N[C@@H](C)C(=O)N[C@@H](Cc1c[nH]c2ccccc12)C(=O)N[C@@H](CC(C)C)C(=O)N[C@H](C(=O)N[C@@H](CCCCN)C(=O)NCC(=O)O)C(C)C. The number of nitrogens with two attached hydrogens (primary N) is 4. The van der Waals surface area contributed by atoms with Crippen LogP contribution < -0.4 is 86.7 Å². The topological polar surface area (TPSA) is 561 Å². The lowest BCUT2D eigenvalue weighted by Crippen LogP contribution is -2.61. The maximum absolute atomic E-state index is 14.8. The van der Waals surface area contributed by atoms with Gasteiger partial charge in [-0.05, 0) is 127 Å². The van der Waals surface area contributed by atoms with Crippen LogP contribution in [-0.2, 0) is 84.8 Å². The summed E-state index contributed by atoms with van der Waals surface area (Å²) < 4.78 is 0. The Balaban J connectivity index is 1.94. The number of hydrogen-bond acceptors (Lipinski definition) is 18. The van der Waals surface area contributed by atoms with E-state index in [1.54, 1.807) is 102 Å². The fourth-order valence-electron chi connectivity index (χ4n) is 10.8. The second-order valence-corrected chi connectivity index (χ2v) is 26.8. The number of unbranched alkanes of at least 4 members (excludes halogenated alkanes) is 2. The number of amides is 13. The molecule has 0 aliphatic heterocycles. The highest BCUT2D eigenvalue weighted by molar-refractivity contribution is 6.00. The zero-order valence-electron chi connectivity index (χ0n) is 60.8. The number of H-pyrrole nitrogens is 1. The van der Waals surface area contributed by atoms with Crippen molar-refractivity contribution in [1.82, 2.24) is 68.8 Å². The molecule has 13 amide bonds. The number of carboxylic acids is 2. The number of carboxylic acid groups (broad SMARTS) is 2. The molecule has 1 heterocycles. The second-order valence-electron chi connectivity index (χ2n) is 26.8. The number of aromatic nitrogens is 1. The zero-order chi connectivity index (χ0) is 77.9. The Morgan fingerprint density at radius 3 is 1.43 bits per heavy atom. The quantitative estimate of drug-likeness (QED) is 0.0272. The molecule has 3 aromatic rings. The highest BCUT2D eigenvalue weighted by Crippen LogP contribution is 2.21. The minimum atomic E-state index is -1.66. The van der Waals surface area contributed by atoms with Crippen molar-refractivity contribution in [3.63, 3.8) is 0 Å². The Morgan fingerprint density at radius 2 is 0.885 bits per heavy atom. The number of fused-ring (bicyclic) bond motifs is 1. The predicted octanol–water partition coefficient (Wildman–Crippen LogP) is -1.99. The average molecular weight is 1460 g/mol. The normalized spacial score (nSPS) is 15.0. The van der Waals surface area contributed by atoms with E-state index in [2.05, 4.69) is 68.8 Å². The van der Waals surface area contributed by atoms with E-state index in [0.717, 1.165) is 0 Å². The lowest BCUT2D eigenvalue weighted by molar-refractivity contribution is -0.139. The summed E-state index contributed by atoms with van der Waals surface area (Å²) in [5.74, 6) is -15.0. The van der Waals surface area contributed by atoms with Gasteiger partial charge in [-0.3, -0.25) is 71.9 Å². The van der Waals surface area contributed by atoms with E-state index in [1.807, 2.05) is 0 Å². The molecule has 0 spiro atoms. The van der Waals surface area contributed by atoms with Gasteiger partial charge < -0.3 is 102 Å². The molecule has 0 saturated carbocycles. The molecule has 2 aromatic carbocycles. The summed E-state index contributed by atoms with van der Waals surface area (Å²) in [4.78, 5) is 206. The van der Waals surface area contributed by atoms with Gasteiger partial charge in [0.15, 0.2) is 0 Å². The van der Waals surface area contributed by atoms with E-state index >= 15 is 0 Å². The monoisotopic (exact) mass is 1460 g/mol. The summed E-state index contributed by atoms with van der Waals surface area (Å²) in [6.07, 6.45) is 1.78. The van der Waals surface area contributed by atoms with Crippen molar-refractivity contribution in [3.05, 3.63) is 71.9 Å². The van der Waals surface area contributed by atoms with Gasteiger partial charge in [0.05, 0.1) is 6.04 Å². The highest BCUT2D eigenvalue weighted by Gasteiger charge is 2.38. The number of hydrogen-bond donors (Lipinski definition) is 19. The zero-order valence-corrected chi connectivity index (χ0v) is 60.8. The number of carbonyl (C=O) groups is 15. The third-order valence-electron chi connectivity index (χ3n) is 17.2. The Kier molecular flexibility index (Phi) is 38.2. The Labute approximate surface area is 605 Å². The van der Waals surface area contributed by atoms with Crippen molar-refractivity contribution in [2.45, 2.75) is 225 Å². The van der Waals surface area contributed by atoms with E-state index < -0.39 is 192 Å². The van der Waals surface area contributed by atoms with E-state index in [-0.39, 0.29) is 70.3 Å². The van der Waals surface area contributed by atoms with Crippen molar-refractivity contribution < 1.29 is 82.1 Å². The molecule has 576 valence electrons. The first-order valence-electron chi connectivity index (χ1n) is 35.2. The summed E-state index contributed by atoms with van der Waals surface area (Å²) in [5, 5.41) is 50.7. The first-order chi connectivity index (χ1) is 49.1. The number of aromatic amines is 1. The molecule has 0 bridgehead atoms. The van der Waals surface area contributed by atoms with Crippen LogP contribution in [0.4, 0.5) is 0 Å². The summed E-state index contributed by atoms with van der Waals surface area (Å²) in [7, 11) is 0. The first kappa shape index (κ1) is 88.1. The van der Waals surface area contributed by atoms with Crippen molar-refractivity contribution in [2.24, 2.45) is 40.7 Å². The van der Waals surface area contributed by atoms with Gasteiger partial charge in [0.1, 0.15) is 73.0 Å². The number of benzene rings is 2. The van der Waals surface area contributed by atoms with Crippen LogP contribution in [0.5, 0.6) is 0 Å². The highest BCUT2D eigenvalue weighted by atomic mass is 16.4. The lowest BCUT2D eigenvalue weighted by atomic mass is 9.96. The number of rotatable bonds is 48. The fraction of sp³-hybridized carbons (Fsp3) is 0.586. The Hall–Kier alpha value is -10.1. The van der Waals surface area contributed by atoms with E-state index in [9.17, 15) is 82.1 Å². The Morgan fingerprint density at radius 1 is 0.442 bits per heavy atom. The molecule has 0 unspecified atom stereocenters. The second kappa shape index (κ2) is 45.1. The maximum atomic E-state index is 14.8. The standard InChI is InChI=1S/C70H109N17O17/c1-10-39(6)58(87-68(102)52(33-43-20-12-11-13-21-43)85-65(99)50(27-29-55(89)90)81-64(98)49(25-17-19-31-72)80-60(94)41(8)77-59(93)40(7)78-62(96)46(73)26-28-54(74)88)70(104)79-42(9)61(95)83-53(34-44-35-75-47-23-15-14-22-45(44)47)66(100)84-51(32-37(2)3)67(101)86-57(38(4)5)69(103)82-48(24-16-18-30-71)63(97)76-36-56(91)92/h11-15,20-23,35,37-42,46,48-53,57-58,75H,10,16-19,24-34,36,71-73H2,1-9H3,(H2,74,88)(H,76,97)(H,77,93)(H,78,96)(H,79,104)(H,80,94)(H,81,98)(H,82,103)(H,83,95)(H,84,100)(H,85,99)(H,86,101)(H,87,102)(H,89,90)(H,91,92)/t39-,40-,41-,42-,46-,48-,49-,50-,51-,52-,53-,57-,58-/m0/s1. The van der Waals surface area contributed by atoms with Crippen LogP contribution in [0.1, 0.15) is 150 Å². The van der Waals surface area contributed by atoms with Crippen molar-refractivity contribution in [1.29, 1.82) is 0 Å². The van der Waals surface area contributed by atoms with E-state index in [4.69, 9.17) is 22.9 Å². The fourth-order valence-corrected chi connectivity index (χ4v) is 10.8. The first-order valence-corrected chi connectivity index (χ1v) is 35.2. The summed E-state index contributed by atoms with van der Waals surface area (Å²) >= 11 is 0. The number of aliphatic carboxylic acids is 2. The maximum Gasteiger partial charge on any atom is 0.322 e. The Bertz CT molecular complexity index is 3410. The third kappa shape index (κ3) is 30.9. The number of primary amides is 1. The van der Waals surface area contributed by atoms with Gasteiger partial charge in [-0.1, -0.05) is 96.5 Å². The molecule has 34 nitrogen and oxygen atoms in total. The minimum absolute atomic E-state index is 0.0414. The molecule has 104 heavy (non-hydrogen) atoms. The summed E-state index contributed by atoms with van der Waals surface area (Å²) in [5.41, 5.74) is 24.2. The molecule has 1 aromatic heterocycles. The molecule has 0 radical (unpaired) electrons. The van der Waals surface area contributed by atoms with Crippen molar-refractivity contribution in [3.8, 4) is 0 Å². The largest absolute Gasteiger partial charge is 0.481 e. The number of para-hydroxylation sites is 1. The number of carbonyl (C=O) groups excluding carboxylic acids is 13. The van der Waals surface area contributed by atoms with Gasteiger partial charge in [0.25, 0.3) is 0 Å². The number of nitrogens with one attached hydrogen (secondary N) is 13. The van der Waals surface area contributed by atoms with E-state index in [1.165, 1.54) is 20.8 Å². The van der Waals surface area contributed by atoms with Crippen molar-refractivity contribution in [2.75, 3.05) is 19.6 Å².